The van der Waals surface area contributed by atoms with Crippen LogP contribution < -0.4 is 5.32 Å². The third kappa shape index (κ3) is 4.10. The fourth-order valence-corrected chi connectivity index (χ4v) is 3.85. The minimum atomic E-state index is -4.29. The number of likely N-dealkylation sites (tertiary alicyclic amines) is 1. The van der Waals surface area contributed by atoms with Gasteiger partial charge < -0.3 is 10.2 Å². The van der Waals surface area contributed by atoms with Crippen LogP contribution in [0, 0.1) is 0 Å². The van der Waals surface area contributed by atoms with E-state index >= 15 is 0 Å². The minimum absolute atomic E-state index is 0.0162. The largest absolute Gasteiger partial charge is 0.416 e. The molecule has 2 unspecified atom stereocenters. The fraction of sp³-hybridized carbons (Fsp3) is 0.667. The third-order valence-electron chi connectivity index (χ3n) is 5.18. The average Bonchev–Trinajstić information content (AvgIpc) is 3.06. The van der Waals surface area contributed by atoms with E-state index in [1.54, 1.807) is 6.07 Å². The monoisotopic (exact) mass is 341 g/mol. The molecule has 0 aliphatic carbocycles. The maximum Gasteiger partial charge on any atom is 0.416 e. The fourth-order valence-electron chi connectivity index (χ4n) is 3.85. The summed E-state index contributed by atoms with van der Waals surface area (Å²) in [5.74, 6) is 0. The number of halogens is 3. The van der Waals surface area contributed by atoms with Gasteiger partial charge in [0.2, 0.25) is 0 Å². The lowest BCUT2D eigenvalue weighted by Gasteiger charge is -2.41. The summed E-state index contributed by atoms with van der Waals surface area (Å²) in [7, 11) is 0. The van der Waals surface area contributed by atoms with Crippen molar-refractivity contribution in [2.75, 3.05) is 39.3 Å². The van der Waals surface area contributed by atoms with Crippen molar-refractivity contribution in [3.05, 3.63) is 35.4 Å². The van der Waals surface area contributed by atoms with Gasteiger partial charge in [0.1, 0.15) is 0 Å². The zero-order valence-corrected chi connectivity index (χ0v) is 14.1. The summed E-state index contributed by atoms with van der Waals surface area (Å²) in [5.41, 5.74) is 0.236. The van der Waals surface area contributed by atoms with Crippen LogP contribution in [-0.2, 0) is 6.18 Å². The predicted molar refractivity (Wildman–Crippen MR) is 88.9 cm³/mol. The van der Waals surface area contributed by atoms with Crippen LogP contribution in [0.3, 0.4) is 0 Å². The molecule has 1 aromatic rings. The molecule has 1 aromatic carbocycles. The molecule has 0 aromatic heterocycles. The molecule has 2 atom stereocenters. The molecule has 0 spiro atoms. The molecule has 0 saturated carbocycles. The molecular weight excluding hydrogens is 315 g/mol. The average molecular weight is 341 g/mol. The molecule has 2 aliphatic heterocycles. The van der Waals surface area contributed by atoms with Gasteiger partial charge in [-0.25, -0.2) is 0 Å². The standard InChI is InChI=1S/C18H26F3N3/c1-14-12-22-7-10-24(14)17(13-23-8-2-3-9-23)15-5-4-6-16(11-15)18(19,20)21/h4-6,11,14,17,22H,2-3,7-10,12-13H2,1H3. The van der Waals surface area contributed by atoms with Crippen molar-refractivity contribution >= 4 is 0 Å². The van der Waals surface area contributed by atoms with E-state index in [2.05, 4.69) is 22.0 Å². The molecule has 3 nitrogen and oxygen atoms in total. The normalized spacial score (nSPS) is 25.1. The molecule has 3 rings (SSSR count). The molecule has 2 fully saturated rings. The van der Waals surface area contributed by atoms with Crippen LogP contribution in [0.4, 0.5) is 13.2 Å². The van der Waals surface area contributed by atoms with E-state index in [1.165, 1.54) is 18.9 Å². The van der Waals surface area contributed by atoms with Gasteiger partial charge in [-0.2, -0.15) is 13.2 Å². The first kappa shape index (κ1) is 17.7. The van der Waals surface area contributed by atoms with Crippen molar-refractivity contribution in [1.29, 1.82) is 0 Å². The SMILES string of the molecule is CC1CNCCN1C(CN1CCCC1)c1cccc(C(F)(F)F)c1. The number of hydrogen-bond donors (Lipinski definition) is 1. The summed E-state index contributed by atoms with van der Waals surface area (Å²) < 4.78 is 39.4. The van der Waals surface area contributed by atoms with Gasteiger partial charge in [0.15, 0.2) is 0 Å². The second-order valence-electron chi connectivity index (χ2n) is 6.94. The van der Waals surface area contributed by atoms with Crippen LogP contribution in [0.15, 0.2) is 24.3 Å². The summed E-state index contributed by atoms with van der Waals surface area (Å²) in [6.45, 7) is 7.71. The van der Waals surface area contributed by atoms with Gasteiger partial charge in [0.25, 0.3) is 0 Å². The second-order valence-corrected chi connectivity index (χ2v) is 6.94. The lowest BCUT2D eigenvalue weighted by atomic mass is 9.99. The maximum atomic E-state index is 13.1. The topological polar surface area (TPSA) is 18.5 Å². The molecule has 6 heteroatoms. The second kappa shape index (κ2) is 7.42. The quantitative estimate of drug-likeness (QED) is 0.908. The van der Waals surface area contributed by atoms with E-state index < -0.39 is 11.7 Å². The van der Waals surface area contributed by atoms with E-state index in [9.17, 15) is 13.2 Å². The van der Waals surface area contributed by atoms with Gasteiger partial charge in [-0.1, -0.05) is 12.1 Å². The number of nitrogens with zero attached hydrogens (tertiary/aromatic N) is 2. The van der Waals surface area contributed by atoms with Crippen molar-refractivity contribution in [2.45, 2.75) is 38.0 Å². The third-order valence-corrected chi connectivity index (χ3v) is 5.18. The van der Waals surface area contributed by atoms with Gasteiger partial charge >= 0.3 is 6.18 Å². The first-order valence-electron chi connectivity index (χ1n) is 8.81. The van der Waals surface area contributed by atoms with Crippen LogP contribution in [0.25, 0.3) is 0 Å². The lowest BCUT2D eigenvalue weighted by molar-refractivity contribution is -0.137. The summed E-state index contributed by atoms with van der Waals surface area (Å²) in [6, 6.07) is 6.24. The highest BCUT2D eigenvalue weighted by Gasteiger charge is 2.33. The van der Waals surface area contributed by atoms with Gasteiger partial charge in [-0.3, -0.25) is 4.90 Å². The molecule has 24 heavy (non-hydrogen) atoms. The van der Waals surface area contributed by atoms with Crippen molar-refractivity contribution < 1.29 is 13.2 Å². The summed E-state index contributed by atoms with van der Waals surface area (Å²) in [4.78, 5) is 4.75. The molecule has 2 saturated heterocycles. The molecule has 2 aliphatic rings. The smallest absolute Gasteiger partial charge is 0.314 e. The zero-order valence-electron chi connectivity index (χ0n) is 14.1. The van der Waals surface area contributed by atoms with Crippen LogP contribution in [-0.4, -0.2) is 55.1 Å². The van der Waals surface area contributed by atoms with Crippen molar-refractivity contribution in [3.8, 4) is 0 Å². The molecule has 0 amide bonds. The van der Waals surface area contributed by atoms with E-state index in [-0.39, 0.29) is 6.04 Å². The Labute approximate surface area is 141 Å². The lowest BCUT2D eigenvalue weighted by Crippen LogP contribution is -2.53. The number of nitrogens with one attached hydrogen (secondary N) is 1. The molecule has 2 heterocycles. The first-order chi connectivity index (χ1) is 11.4. The van der Waals surface area contributed by atoms with E-state index in [1.807, 2.05) is 6.07 Å². The van der Waals surface area contributed by atoms with Crippen molar-refractivity contribution in [2.24, 2.45) is 0 Å². The highest BCUT2D eigenvalue weighted by molar-refractivity contribution is 5.28. The van der Waals surface area contributed by atoms with Gasteiger partial charge in [0.05, 0.1) is 5.56 Å². The van der Waals surface area contributed by atoms with Gasteiger partial charge in [0, 0.05) is 38.3 Å². The Morgan fingerprint density at radius 3 is 2.62 bits per heavy atom. The summed E-state index contributed by atoms with van der Waals surface area (Å²) in [5, 5.41) is 3.36. The Bertz CT molecular complexity index is 541. The van der Waals surface area contributed by atoms with E-state index in [4.69, 9.17) is 0 Å². The molecule has 0 radical (unpaired) electrons. The van der Waals surface area contributed by atoms with E-state index in [0.717, 1.165) is 50.9 Å². The number of alkyl halides is 3. The van der Waals surface area contributed by atoms with Crippen molar-refractivity contribution in [3.63, 3.8) is 0 Å². The Morgan fingerprint density at radius 1 is 1.21 bits per heavy atom. The van der Waals surface area contributed by atoms with Crippen molar-refractivity contribution in [1.82, 2.24) is 15.1 Å². The minimum Gasteiger partial charge on any atom is -0.314 e. The highest BCUT2D eigenvalue weighted by atomic mass is 19.4. The maximum absolute atomic E-state index is 13.1. The number of hydrogen-bond acceptors (Lipinski definition) is 3. The van der Waals surface area contributed by atoms with Crippen LogP contribution in [0.1, 0.15) is 36.9 Å². The van der Waals surface area contributed by atoms with Crippen LogP contribution in [0.2, 0.25) is 0 Å². The zero-order chi connectivity index (χ0) is 17.2. The Balaban J connectivity index is 1.88. The molecule has 0 bridgehead atoms. The summed E-state index contributed by atoms with van der Waals surface area (Å²) >= 11 is 0. The van der Waals surface area contributed by atoms with Gasteiger partial charge in [-0.05, 0) is 50.6 Å². The van der Waals surface area contributed by atoms with E-state index in [0.29, 0.717) is 6.04 Å². The summed E-state index contributed by atoms with van der Waals surface area (Å²) in [6.07, 6.45) is -1.91. The number of rotatable bonds is 4. The van der Waals surface area contributed by atoms with Crippen LogP contribution >= 0.6 is 0 Å². The Hall–Kier alpha value is -1.11. The van der Waals surface area contributed by atoms with Crippen LogP contribution in [0.5, 0.6) is 0 Å². The Kier molecular flexibility index (Phi) is 5.47. The van der Waals surface area contributed by atoms with Gasteiger partial charge in [-0.15, -0.1) is 0 Å². The molecule has 1 N–H and O–H groups in total. The number of benzene rings is 1. The molecule has 134 valence electrons. The Morgan fingerprint density at radius 2 is 1.96 bits per heavy atom. The molecular formula is C18H26F3N3. The number of piperazine rings is 1. The first-order valence-corrected chi connectivity index (χ1v) is 8.81. The predicted octanol–water partition coefficient (Wildman–Crippen LogP) is 3.14. The highest BCUT2D eigenvalue weighted by Crippen LogP contribution is 2.33.